The summed E-state index contributed by atoms with van der Waals surface area (Å²) in [7, 11) is 3.04. The first-order chi connectivity index (χ1) is 18.6. The Labute approximate surface area is 223 Å². The quantitative estimate of drug-likeness (QED) is 0.364. The van der Waals surface area contributed by atoms with Crippen molar-refractivity contribution < 1.29 is 14.3 Å². The van der Waals surface area contributed by atoms with E-state index in [4.69, 9.17) is 14.5 Å². The molecule has 0 bridgehead atoms. The molecule has 0 aromatic carbocycles. The van der Waals surface area contributed by atoms with Gasteiger partial charge < -0.3 is 19.3 Å². The average Bonchev–Trinajstić information content (AvgIpc) is 3.65. The number of pyridine rings is 1. The second kappa shape index (κ2) is 10.5. The number of fused-ring (bicyclic) bond motifs is 1. The number of thiazole rings is 1. The van der Waals surface area contributed by atoms with Crippen molar-refractivity contribution in [1.29, 1.82) is 0 Å². The summed E-state index contributed by atoms with van der Waals surface area (Å²) in [5.41, 5.74) is 1.40. The van der Waals surface area contributed by atoms with Crippen LogP contribution in [0.15, 0.2) is 29.8 Å². The molecular formula is C25H29N9O3S. The molecule has 6 heterocycles. The highest BCUT2D eigenvalue weighted by molar-refractivity contribution is 7.09. The molecule has 0 spiro atoms. The van der Waals surface area contributed by atoms with Gasteiger partial charge in [0.05, 0.1) is 19.2 Å². The van der Waals surface area contributed by atoms with Crippen molar-refractivity contribution in [2.75, 3.05) is 45.3 Å². The first-order valence-electron chi connectivity index (χ1n) is 12.8. The van der Waals surface area contributed by atoms with Gasteiger partial charge >= 0.3 is 12.0 Å². The molecule has 2 aliphatic rings. The maximum absolute atomic E-state index is 13.2. The number of hydrogen-bond donors (Lipinski definition) is 0. The van der Waals surface area contributed by atoms with E-state index in [-0.39, 0.29) is 23.8 Å². The fraction of sp³-hybridized carbons (Fsp3) is 0.480. The molecule has 2 fully saturated rings. The molecule has 0 unspecified atom stereocenters. The van der Waals surface area contributed by atoms with Crippen LogP contribution in [0.5, 0.6) is 12.0 Å². The van der Waals surface area contributed by atoms with Crippen molar-refractivity contribution in [1.82, 2.24) is 39.4 Å². The Kier molecular flexibility index (Phi) is 6.75. The minimum Gasteiger partial charge on any atom is -0.467 e. The van der Waals surface area contributed by atoms with Gasteiger partial charge in [-0.2, -0.15) is 9.97 Å². The molecule has 2 saturated heterocycles. The monoisotopic (exact) mass is 535 g/mol. The molecule has 4 aromatic heterocycles. The van der Waals surface area contributed by atoms with Crippen LogP contribution in [0.25, 0.3) is 5.65 Å². The molecule has 198 valence electrons. The fourth-order valence-corrected chi connectivity index (χ4v) is 6.16. The lowest BCUT2D eigenvalue weighted by atomic mass is 9.95. The SMILES string of the molecule is COc1nc(OC)nc(N2CCC(c3nc(C(=O)N4CCC(c5nnc6ccccn56)CC4)cs3)CC2)n1. The topological polar surface area (TPSA) is 124 Å². The van der Waals surface area contributed by atoms with Crippen molar-refractivity contribution in [3.63, 3.8) is 0 Å². The Bertz CT molecular complexity index is 1400. The van der Waals surface area contributed by atoms with Crippen LogP contribution in [0, 0.1) is 0 Å². The molecule has 38 heavy (non-hydrogen) atoms. The third kappa shape index (κ3) is 4.73. The summed E-state index contributed by atoms with van der Waals surface area (Å²) in [6.45, 7) is 2.92. The van der Waals surface area contributed by atoms with Gasteiger partial charge in [0.15, 0.2) is 5.65 Å². The van der Waals surface area contributed by atoms with E-state index in [1.807, 2.05) is 39.1 Å². The second-order valence-electron chi connectivity index (χ2n) is 9.49. The van der Waals surface area contributed by atoms with Crippen LogP contribution in [-0.4, -0.2) is 85.7 Å². The van der Waals surface area contributed by atoms with Crippen LogP contribution in [-0.2, 0) is 0 Å². The van der Waals surface area contributed by atoms with E-state index in [1.54, 1.807) is 11.3 Å². The molecule has 13 heteroatoms. The molecule has 0 saturated carbocycles. The van der Waals surface area contributed by atoms with E-state index >= 15 is 0 Å². The first kappa shape index (κ1) is 24.5. The number of aromatic nitrogens is 7. The number of amides is 1. The number of rotatable bonds is 6. The van der Waals surface area contributed by atoms with Crippen molar-refractivity contribution in [3.05, 3.63) is 46.3 Å². The molecule has 0 atom stereocenters. The van der Waals surface area contributed by atoms with E-state index in [0.29, 0.717) is 30.6 Å². The van der Waals surface area contributed by atoms with Gasteiger partial charge in [-0.25, -0.2) is 4.98 Å². The predicted molar refractivity (Wildman–Crippen MR) is 140 cm³/mol. The van der Waals surface area contributed by atoms with Gasteiger partial charge in [0.2, 0.25) is 5.95 Å². The standard InChI is InChI=1S/C25H29N9O3S/c1-36-24-27-23(28-25(29-24)37-2)33-13-8-17(9-14-33)21-26-18(15-38-21)22(35)32-11-6-16(7-12-32)20-31-30-19-5-3-4-10-34(19)20/h3-5,10,15-17H,6-9,11-14H2,1-2H3. The van der Waals surface area contributed by atoms with Crippen LogP contribution in [0.2, 0.25) is 0 Å². The lowest BCUT2D eigenvalue weighted by Gasteiger charge is -2.31. The van der Waals surface area contributed by atoms with E-state index < -0.39 is 0 Å². The van der Waals surface area contributed by atoms with E-state index in [1.165, 1.54) is 14.2 Å². The third-order valence-electron chi connectivity index (χ3n) is 7.30. The summed E-state index contributed by atoms with van der Waals surface area (Å²) in [4.78, 5) is 34.8. The number of anilines is 1. The van der Waals surface area contributed by atoms with Gasteiger partial charge in [-0.3, -0.25) is 9.20 Å². The molecule has 12 nitrogen and oxygen atoms in total. The highest BCUT2D eigenvalue weighted by Crippen LogP contribution is 2.33. The summed E-state index contributed by atoms with van der Waals surface area (Å²) < 4.78 is 12.4. The average molecular weight is 536 g/mol. The molecule has 0 N–H and O–H groups in total. The Morgan fingerprint density at radius 1 is 0.895 bits per heavy atom. The number of piperidine rings is 2. The fourth-order valence-electron chi connectivity index (χ4n) is 5.19. The summed E-state index contributed by atoms with van der Waals surface area (Å²) in [5, 5.41) is 11.6. The van der Waals surface area contributed by atoms with Crippen LogP contribution >= 0.6 is 11.3 Å². The van der Waals surface area contributed by atoms with E-state index in [2.05, 4.69) is 30.0 Å². The Morgan fingerprint density at radius 3 is 2.32 bits per heavy atom. The minimum atomic E-state index is 0.0128. The molecule has 0 radical (unpaired) electrons. The van der Waals surface area contributed by atoms with Crippen molar-refractivity contribution >= 4 is 28.8 Å². The van der Waals surface area contributed by atoms with Gasteiger partial charge in [0, 0.05) is 49.6 Å². The number of methoxy groups -OCH3 is 2. The van der Waals surface area contributed by atoms with Crippen LogP contribution < -0.4 is 14.4 Å². The van der Waals surface area contributed by atoms with Gasteiger partial charge in [-0.05, 0) is 37.8 Å². The second-order valence-corrected chi connectivity index (χ2v) is 10.4. The zero-order valence-corrected chi connectivity index (χ0v) is 22.2. The van der Waals surface area contributed by atoms with Gasteiger partial charge in [-0.15, -0.1) is 26.5 Å². The van der Waals surface area contributed by atoms with Gasteiger partial charge in [0.1, 0.15) is 11.5 Å². The Balaban J connectivity index is 1.05. The first-order valence-corrected chi connectivity index (χ1v) is 13.6. The Morgan fingerprint density at radius 2 is 1.61 bits per heavy atom. The zero-order valence-electron chi connectivity index (χ0n) is 21.4. The number of hydrogen-bond acceptors (Lipinski definition) is 11. The van der Waals surface area contributed by atoms with E-state index in [0.717, 1.165) is 55.3 Å². The third-order valence-corrected chi connectivity index (χ3v) is 8.31. The molecule has 6 rings (SSSR count). The van der Waals surface area contributed by atoms with Crippen molar-refractivity contribution in [2.45, 2.75) is 37.5 Å². The van der Waals surface area contributed by atoms with E-state index in [9.17, 15) is 4.79 Å². The molecule has 4 aromatic rings. The summed E-state index contributed by atoms with van der Waals surface area (Å²) in [6.07, 6.45) is 5.53. The summed E-state index contributed by atoms with van der Waals surface area (Å²) in [5.74, 6) is 2.12. The Hall–Kier alpha value is -3.87. The molecule has 1 amide bonds. The summed E-state index contributed by atoms with van der Waals surface area (Å²) in [6, 6.07) is 6.38. The highest BCUT2D eigenvalue weighted by atomic mass is 32.1. The van der Waals surface area contributed by atoms with Crippen LogP contribution in [0.1, 0.15) is 58.8 Å². The number of carbonyl (C=O) groups is 1. The molecule has 0 aliphatic carbocycles. The lowest BCUT2D eigenvalue weighted by molar-refractivity contribution is 0.0705. The van der Waals surface area contributed by atoms with Crippen molar-refractivity contribution in [2.24, 2.45) is 0 Å². The largest absolute Gasteiger partial charge is 0.467 e. The number of carbonyl (C=O) groups excluding carboxylic acids is 1. The predicted octanol–water partition coefficient (Wildman–Crippen LogP) is 2.79. The normalized spacial score (nSPS) is 17.2. The zero-order chi connectivity index (χ0) is 26.1. The smallest absolute Gasteiger partial charge is 0.324 e. The highest BCUT2D eigenvalue weighted by Gasteiger charge is 2.30. The van der Waals surface area contributed by atoms with Gasteiger partial charge in [0.25, 0.3) is 5.91 Å². The maximum atomic E-state index is 13.2. The number of likely N-dealkylation sites (tertiary alicyclic amines) is 1. The number of nitrogens with zero attached hydrogens (tertiary/aromatic N) is 9. The van der Waals surface area contributed by atoms with Gasteiger partial charge in [-0.1, -0.05) is 6.07 Å². The summed E-state index contributed by atoms with van der Waals surface area (Å²) >= 11 is 1.58. The molecular weight excluding hydrogens is 506 g/mol. The molecule has 2 aliphatic heterocycles. The van der Waals surface area contributed by atoms with Crippen molar-refractivity contribution in [3.8, 4) is 12.0 Å². The van der Waals surface area contributed by atoms with Crippen LogP contribution in [0.4, 0.5) is 5.95 Å². The lowest BCUT2D eigenvalue weighted by Crippen LogP contribution is -2.38. The maximum Gasteiger partial charge on any atom is 0.324 e. The van der Waals surface area contributed by atoms with Crippen LogP contribution in [0.3, 0.4) is 0 Å². The minimum absolute atomic E-state index is 0.0128. The number of ether oxygens (including phenoxy) is 2.